The van der Waals surface area contributed by atoms with Crippen molar-refractivity contribution >= 4 is 5.97 Å². The molecule has 17 heavy (non-hydrogen) atoms. The lowest BCUT2D eigenvalue weighted by atomic mass is 9.87. The largest absolute Gasteiger partial charge is 0.481 e. The van der Waals surface area contributed by atoms with Gasteiger partial charge in [0, 0.05) is 12.0 Å². The van der Waals surface area contributed by atoms with Crippen molar-refractivity contribution in [3.8, 4) is 11.8 Å². The monoisotopic (exact) mass is 230 g/mol. The van der Waals surface area contributed by atoms with Gasteiger partial charge >= 0.3 is 5.97 Å². The zero-order valence-electron chi connectivity index (χ0n) is 10.4. The maximum Gasteiger partial charge on any atom is 0.309 e. The van der Waals surface area contributed by atoms with Gasteiger partial charge in [0.1, 0.15) is 0 Å². The van der Waals surface area contributed by atoms with Crippen molar-refractivity contribution in [2.24, 2.45) is 5.41 Å². The number of aliphatic carboxylic acids is 1. The van der Waals surface area contributed by atoms with Gasteiger partial charge in [-0.1, -0.05) is 30.0 Å². The molecule has 1 rings (SSSR count). The number of benzene rings is 1. The molecule has 2 heteroatoms. The van der Waals surface area contributed by atoms with Crippen molar-refractivity contribution in [3.63, 3.8) is 0 Å². The first-order chi connectivity index (χ1) is 8.02. The highest BCUT2D eigenvalue weighted by Gasteiger charge is 2.25. The Hall–Kier alpha value is -1.75. The average Bonchev–Trinajstić information content (AvgIpc) is 2.29. The SMILES string of the molecule is CC(C)(CCCC#Cc1ccccc1)C(=O)O. The van der Waals surface area contributed by atoms with Crippen LogP contribution in [0.25, 0.3) is 0 Å². The van der Waals surface area contributed by atoms with Crippen LogP contribution in [-0.4, -0.2) is 11.1 Å². The summed E-state index contributed by atoms with van der Waals surface area (Å²) in [6.45, 7) is 3.50. The van der Waals surface area contributed by atoms with Crippen LogP contribution in [0, 0.1) is 17.3 Å². The van der Waals surface area contributed by atoms with Gasteiger partial charge in [0.05, 0.1) is 5.41 Å². The van der Waals surface area contributed by atoms with Gasteiger partial charge in [0.2, 0.25) is 0 Å². The van der Waals surface area contributed by atoms with Gasteiger partial charge in [-0.2, -0.15) is 0 Å². The van der Waals surface area contributed by atoms with Crippen LogP contribution in [0.2, 0.25) is 0 Å². The molecular weight excluding hydrogens is 212 g/mol. The van der Waals surface area contributed by atoms with Crippen molar-refractivity contribution in [3.05, 3.63) is 35.9 Å². The van der Waals surface area contributed by atoms with E-state index >= 15 is 0 Å². The van der Waals surface area contributed by atoms with Crippen LogP contribution in [0.3, 0.4) is 0 Å². The predicted octanol–water partition coefficient (Wildman–Crippen LogP) is 3.32. The molecule has 0 atom stereocenters. The number of hydrogen-bond acceptors (Lipinski definition) is 1. The summed E-state index contributed by atoms with van der Waals surface area (Å²) in [5, 5.41) is 8.94. The van der Waals surface area contributed by atoms with Crippen molar-refractivity contribution in [1.29, 1.82) is 0 Å². The predicted molar refractivity (Wildman–Crippen MR) is 68.6 cm³/mol. The molecule has 0 heterocycles. The highest BCUT2D eigenvalue weighted by molar-refractivity contribution is 5.73. The van der Waals surface area contributed by atoms with Crippen molar-refractivity contribution < 1.29 is 9.90 Å². The second-order valence-corrected chi connectivity index (χ2v) is 4.71. The highest BCUT2D eigenvalue weighted by Crippen LogP contribution is 2.22. The lowest BCUT2D eigenvalue weighted by Gasteiger charge is -2.17. The zero-order valence-corrected chi connectivity index (χ0v) is 10.4. The zero-order chi connectivity index (χ0) is 12.7. The van der Waals surface area contributed by atoms with E-state index in [4.69, 9.17) is 5.11 Å². The Morgan fingerprint density at radius 2 is 1.94 bits per heavy atom. The Balaban J connectivity index is 2.35. The number of carboxylic acid groups (broad SMARTS) is 1. The van der Waals surface area contributed by atoms with Crippen LogP contribution in [0.5, 0.6) is 0 Å². The Kier molecular flexibility index (Phi) is 4.78. The standard InChI is InChI=1S/C15H18O2/c1-15(2,14(16)17)12-8-4-7-11-13-9-5-3-6-10-13/h3,5-6,9-10H,4,8,12H2,1-2H3,(H,16,17). The minimum Gasteiger partial charge on any atom is -0.481 e. The molecule has 1 aromatic carbocycles. The third-order valence-electron chi connectivity index (χ3n) is 2.69. The van der Waals surface area contributed by atoms with Crippen molar-refractivity contribution in [2.45, 2.75) is 33.1 Å². The van der Waals surface area contributed by atoms with E-state index in [0.717, 1.165) is 18.4 Å². The van der Waals surface area contributed by atoms with E-state index in [-0.39, 0.29) is 0 Å². The van der Waals surface area contributed by atoms with Crippen LogP contribution >= 0.6 is 0 Å². The fraction of sp³-hybridized carbons (Fsp3) is 0.400. The van der Waals surface area contributed by atoms with Gasteiger partial charge in [-0.05, 0) is 38.8 Å². The summed E-state index contributed by atoms with van der Waals surface area (Å²) in [6, 6.07) is 9.80. The quantitative estimate of drug-likeness (QED) is 0.636. The van der Waals surface area contributed by atoms with Crippen molar-refractivity contribution in [2.75, 3.05) is 0 Å². The normalized spacial score (nSPS) is 10.5. The molecular formula is C15H18O2. The van der Waals surface area contributed by atoms with E-state index in [9.17, 15) is 4.79 Å². The molecule has 0 saturated carbocycles. The first-order valence-corrected chi connectivity index (χ1v) is 5.80. The van der Waals surface area contributed by atoms with Crippen LogP contribution in [0.15, 0.2) is 30.3 Å². The van der Waals surface area contributed by atoms with Crippen LogP contribution in [0.1, 0.15) is 38.7 Å². The van der Waals surface area contributed by atoms with Crippen LogP contribution < -0.4 is 0 Å². The number of carboxylic acids is 1. The highest BCUT2D eigenvalue weighted by atomic mass is 16.4. The molecule has 0 saturated heterocycles. The Labute approximate surface area is 103 Å². The molecule has 0 amide bonds. The van der Waals surface area contributed by atoms with E-state index in [1.54, 1.807) is 13.8 Å². The fourth-order valence-electron chi connectivity index (χ4n) is 1.41. The summed E-state index contributed by atoms with van der Waals surface area (Å²) in [5.74, 6) is 5.39. The van der Waals surface area contributed by atoms with Gasteiger partial charge in [0.15, 0.2) is 0 Å². The molecule has 0 spiro atoms. The Bertz CT molecular complexity index is 421. The number of unbranched alkanes of at least 4 members (excludes halogenated alkanes) is 1. The maximum atomic E-state index is 10.9. The van der Waals surface area contributed by atoms with E-state index in [1.807, 2.05) is 30.3 Å². The van der Waals surface area contributed by atoms with E-state index < -0.39 is 11.4 Å². The maximum absolute atomic E-state index is 10.9. The molecule has 0 aliphatic carbocycles. The molecule has 0 fully saturated rings. The number of carbonyl (C=O) groups is 1. The lowest BCUT2D eigenvalue weighted by molar-refractivity contribution is -0.147. The smallest absolute Gasteiger partial charge is 0.309 e. The van der Waals surface area contributed by atoms with E-state index in [0.29, 0.717) is 6.42 Å². The minimum atomic E-state index is -0.742. The number of hydrogen-bond donors (Lipinski definition) is 1. The molecule has 0 aliphatic rings. The molecule has 2 nitrogen and oxygen atoms in total. The van der Waals surface area contributed by atoms with E-state index in [1.165, 1.54) is 0 Å². The minimum absolute atomic E-state index is 0.644. The van der Waals surface area contributed by atoms with E-state index in [2.05, 4.69) is 11.8 Å². The fourth-order valence-corrected chi connectivity index (χ4v) is 1.41. The summed E-state index contributed by atoms with van der Waals surface area (Å²) in [5.41, 5.74) is 0.360. The van der Waals surface area contributed by atoms with Gasteiger partial charge in [-0.15, -0.1) is 0 Å². The second kappa shape index (κ2) is 6.10. The molecule has 0 aromatic heterocycles. The molecule has 1 aromatic rings. The van der Waals surface area contributed by atoms with Gasteiger partial charge in [-0.25, -0.2) is 0 Å². The molecule has 90 valence electrons. The van der Waals surface area contributed by atoms with Gasteiger partial charge in [0.25, 0.3) is 0 Å². The Morgan fingerprint density at radius 3 is 2.53 bits per heavy atom. The van der Waals surface area contributed by atoms with Gasteiger partial charge < -0.3 is 5.11 Å². The second-order valence-electron chi connectivity index (χ2n) is 4.71. The molecule has 0 aliphatic heterocycles. The van der Waals surface area contributed by atoms with Gasteiger partial charge in [-0.3, -0.25) is 4.79 Å². The summed E-state index contributed by atoms with van der Waals surface area (Å²) in [7, 11) is 0. The summed E-state index contributed by atoms with van der Waals surface area (Å²) < 4.78 is 0. The summed E-state index contributed by atoms with van der Waals surface area (Å²) >= 11 is 0. The third kappa shape index (κ3) is 4.74. The molecule has 1 N–H and O–H groups in total. The molecule has 0 radical (unpaired) electrons. The van der Waals surface area contributed by atoms with Crippen LogP contribution in [-0.2, 0) is 4.79 Å². The third-order valence-corrected chi connectivity index (χ3v) is 2.69. The lowest BCUT2D eigenvalue weighted by Crippen LogP contribution is -2.23. The van der Waals surface area contributed by atoms with Crippen LogP contribution in [0.4, 0.5) is 0 Å². The average molecular weight is 230 g/mol. The Morgan fingerprint density at radius 1 is 1.29 bits per heavy atom. The molecule has 0 bridgehead atoms. The first-order valence-electron chi connectivity index (χ1n) is 5.80. The summed E-state index contributed by atoms with van der Waals surface area (Å²) in [4.78, 5) is 10.9. The van der Waals surface area contributed by atoms with Crippen molar-refractivity contribution in [1.82, 2.24) is 0 Å². The first kappa shape index (κ1) is 13.3. The topological polar surface area (TPSA) is 37.3 Å². The molecule has 0 unspecified atom stereocenters. The number of rotatable bonds is 4. The summed E-state index contributed by atoms with van der Waals surface area (Å²) in [6.07, 6.45) is 2.22.